The van der Waals surface area contributed by atoms with Crippen LogP contribution in [0.1, 0.15) is 6.92 Å². The van der Waals surface area contributed by atoms with Crippen molar-refractivity contribution in [3.63, 3.8) is 0 Å². The zero-order valence-corrected chi connectivity index (χ0v) is 36.4. The van der Waals surface area contributed by atoms with E-state index in [-0.39, 0.29) is 0 Å². The number of alkyl halides is 1. The van der Waals surface area contributed by atoms with Crippen LogP contribution in [0.25, 0.3) is 92.9 Å². The molecule has 0 saturated carbocycles. The van der Waals surface area contributed by atoms with Crippen LogP contribution in [0.3, 0.4) is 0 Å². The molecule has 0 radical (unpaired) electrons. The highest BCUT2D eigenvalue weighted by molar-refractivity contribution is 14.1. The van der Waals surface area contributed by atoms with E-state index >= 15 is 0 Å². The minimum Gasteiger partial charge on any atom is -0.354 e. The van der Waals surface area contributed by atoms with Crippen LogP contribution in [-0.4, -0.2) is 24.4 Å². The normalized spacial score (nSPS) is 10.7. The van der Waals surface area contributed by atoms with Crippen molar-refractivity contribution in [3.05, 3.63) is 186 Å². The van der Waals surface area contributed by atoms with Crippen LogP contribution >= 0.6 is 45.2 Å². The Kier molecular flexibility index (Phi) is 11.8. The number of hydrogen-bond donors (Lipinski definition) is 3. The summed E-state index contributed by atoms with van der Waals surface area (Å²) in [4.78, 5) is 12.7. The van der Waals surface area contributed by atoms with Gasteiger partial charge in [-0.3, -0.25) is 0 Å². The summed E-state index contributed by atoms with van der Waals surface area (Å²) in [6.07, 6.45) is 4.60. The molecule has 0 aliphatic carbocycles. The van der Waals surface area contributed by atoms with Gasteiger partial charge < -0.3 is 19.5 Å². The molecular weight excluding hydrogens is 934 g/mol. The lowest BCUT2D eigenvalue weighted by molar-refractivity contribution is 1.18. The number of rotatable bonds is 1. The molecule has 6 heteroatoms. The maximum Gasteiger partial charge on any atom is 0.0566 e. The summed E-state index contributed by atoms with van der Waals surface area (Å²) < 4.78 is 3.65. The number of terminal acetylenes is 1. The first kappa shape index (κ1) is 38.8. The molecule has 12 aromatic rings. The van der Waals surface area contributed by atoms with Crippen molar-refractivity contribution in [3.8, 4) is 18.0 Å². The Labute approximate surface area is 364 Å². The fourth-order valence-corrected chi connectivity index (χ4v) is 8.32. The van der Waals surface area contributed by atoms with E-state index in [1.807, 2.05) is 23.1 Å². The monoisotopic (exact) mass is 974 g/mol. The molecule has 12 rings (SSSR count). The number of halogens is 2. The first-order valence-corrected chi connectivity index (χ1v) is 22.2. The van der Waals surface area contributed by atoms with E-state index in [0.29, 0.717) is 0 Å². The summed E-state index contributed by atoms with van der Waals surface area (Å²) in [6, 6.07) is 63.8. The second-order valence-corrected chi connectivity index (χ2v) is 14.8. The summed E-state index contributed by atoms with van der Waals surface area (Å²) in [5.74, 6) is 2.25. The Balaban J connectivity index is 0.000000129. The van der Waals surface area contributed by atoms with E-state index < -0.39 is 0 Å². The quantitative estimate of drug-likeness (QED) is 0.0834. The average Bonchev–Trinajstić information content (AvgIpc) is 4.04. The van der Waals surface area contributed by atoms with Gasteiger partial charge in [-0.1, -0.05) is 144 Å². The Morgan fingerprint density at radius 3 is 1.43 bits per heavy atom. The highest BCUT2D eigenvalue weighted by atomic mass is 127. The zero-order chi connectivity index (χ0) is 40.0. The van der Waals surface area contributed by atoms with Crippen molar-refractivity contribution in [2.75, 3.05) is 4.93 Å². The van der Waals surface area contributed by atoms with Gasteiger partial charge in [0.25, 0.3) is 0 Å². The van der Waals surface area contributed by atoms with Crippen molar-refractivity contribution in [2.24, 2.45) is 0 Å². The zero-order valence-electron chi connectivity index (χ0n) is 32.1. The van der Waals surface area contributed by atoms with Crippen LogP contribution < -0.4 is 0 Å². The van der Waals surface area contributed by atoms with E-state index in [1.165, 1.54) is 96.5 Å². The Morgan fingerprint density at radius 2 is 0.862 bits per heavy atom. The summed E-state index contributed by atoms with van der Waals surface area (Å²) in [6.45, 7) is 1.65. The second kappa shape index (κ2) is 17.6. The highest BCUT2D eigenvalue weighted by Crippen LogP contribution is 2.39. The van der Waals surface area contributed by atoms with Gasteiger partial charge in [0.2, 0.25) is 0 Å². The predicted molar refractivity (Wildman–Crippen MR) is 269 cm³/mol. The number of benzene rings is 8. The van der Waals surface area contributed by atoms with Crippen LogP contribution in [-0.2, 0) is 0 Å². The number of H-pyrrole nitrogens is 3. The summed E-state index contributed by atoms with van der Waals surface area (Å²) in [5.41, 5.74) is 10.9. The minimum absolute atomic E-state index is 1.19. The Hall–Kier alpha value is -6.02. The standard InChI is InChI=1S/C24H16N2.C18H12N2.C6H5I.C3H4.CH3I/c1-2-8-16(9-3-1)26-21-13-7-5-11-19(21)23-22(26)15-14-18-17-10-4-6-12-20(17)25-24(18)23;1-3-7-14-11(5-1)12-9-10-16-17(18(12)20-14)13-6-2-4-8-15(13)19-16;7-6-4-2-1-3-5-6;1-3-2;1-2/h1-15,25H;1-10,19-20H;1-5H;1H,2H3;1H3. The van der Waals surface area contributed by atoms with Crippen molar-refractivity contribution in [1.82, 2.24) is 19.5 Å². The summed E-state index contributed by atoms with van der Waals surface area (Å²) >= 11 is 4.43. The second-order valence-electron chi connectivity index (χ2n) is 13.6. The molecule has 0 fully saturated rings. The molecule has 58 heavy (non-hydrogen) atoms. The molecule has 4 heterocycles. The van der Waals surface area contributed by atoms with Gasteiger partial charge in [0.15, 0.2) is 0 Å². The summed E-state index contributed by atoms with van der Waals surface area (Å²) in [7, 11) is 0. The van der Waals surface area contributed by atoms with E-state index in [9.17, 15) is 0 Å². The average molecular weight is 975 g/mol. The molecule has 0 unspecified atom stereocenters. The Morgan fingerprint density at radius 1 is 0.414 bits per heavy atom. The lowest BCUT2D eigenvalue weighted by atomic mass is 10.1. The molecule has 0 aliphatic heterocycles. The highest BCUT2D eigenvalue weighted by Gasteiger charge is 2.16. The molecule has 0 spiro atoms. The molecule has 8 aromatic carbocycles. The van der Waals surface area contributed by atoms with Gasteiger partial charge in [0.05, 0.1) is 22.1 Å². The third kappa shape index (κ3) is 7.32. The first-order valence-electron chi connectivity index (χ1n) is 19.0. The molecule has 282 valence electrons. The predicted octanol–water partition coefficient (Wildman–Crippen LogP) is 15.4. The number of nitrogens with one attached hydrogen (secondary N) is 3. The van der Waals surface area contributed by atoms with Gasteiger partial charge in [-0.05, 0) is 95.1 Å². The van der Waals surface area contributed by atoms with E-state index in [0.717, 1.165) is 0 Å². The smallest absolute Gasteiger partial charge is 0.0566 e. The molecule has 0 amide bonds. The number of nitrogens with zero attached hydrogens (tertiary/aromatic N) is 1. The molecule has 0 bridgehead atoms. The van der Waals surface area contributed by atoms with Gasteiger partial charge in [0.1, 0.15) is 0 Å². The van der Waals surface area contributed by atoms with Gasteiger partial charge in [0, 0.05) is 74.4 Å². The largest absolute Gasteiger partial charge is 0.354 e. The van der Waals surface area contributed by atoms with Crippen LogP contribution in [0.2, 0.25) is 0 Å². The topological polar surface area (TPSA) is 52.3 Å². The molecule has 4 nitrogen and oxygen atoms in total. The van der Waals surface area contributed by atoms with E-state index in [4.69, 9.17) is 0 Å². The molecule has 4 aromatic heterocycles. The van der Waals surface area contributed by atoms with Crippen LogP contribution in [0.15, 0.2) is 182 Å². The molecule has 0 aliphatic rings. The molecule has 3 N–H and O–H groups in total. The van der Waals surface area contributed by atoms with Gasteiger partial charge in [-0.25, -0.2) is 0 Å². The lowest BCUT2D eigenvalue weighted by Crippen LogP contribution is -1.92. The maximum atomic E-state index is 4.60. The maximum absolute atomic E-state index is 4.60. The van der Waals surface area contributed by atoms with Crippen molar-refractivity contribution >= 4 is 132 Å². The Bertz CT molecular complexity index is 3340. The number of para-hydroxylation sites is 5. The molecule has 0 saturated heterocycles. The van der Waals surface area contributed by atoms with Crippen LogP contribution in [0, 0.1) is 15.9 Å². The van der Waals surface area contributed by atoms with E-state index in [1.54, 1.807) is 6.92 Å². The third-order valence-corrected chi connectivity index (χ3v) is 10.9. The third-order valence-electron chi connectivity index (χ3n) is 10.2. The lowest BCUT2D eigenvalue weighted by Gasteiger charge is -2.07. The first-order chi connectivity index (χ1) is 28.6. The van der Waals surface area contributed by atoms with Crippen LogP contribution in [0.4, 0.5) is 0 Å². The van der Waals surface area contributed by atoms with E-state index in [2.05, 4.69) is 241 Å². The number of hydrogen-bond acceptors (Lipinski definition) is 0. The molecule has 0 atom stereocenters. The van der Waals surface area contributed by atoms with Gasteiger partial charge in [-0.15, -0.1) is 12.3 Å². The van der Waals surface area contributed by atoms with Crippen molar-refractivity contribution < 1.29 is 0 Å². The fraction of sp³-hybridized carbons (Fsp3) is 0.0385. The SMILES string of the molecule is C#CC.CI.Ic1ccccc1.c1ccc(-n2c3ccccc3c3c4[nH]c5ccccc5c4ccc32)cc1.c1ccc2c(c1)[nH]c1c2ccc2[nH]c3ccccc3c21. The van der Waals surface area contributed by atoms with Gasteiger partial charge >= 0.3 is 0 Å². The van der Waals surface area contributed by atoms with Crippen molar-refractivity contribution in [2.45, 2.75) is 6.92 Å². The summed E-state index contributed by atoms with van der Waals surface area (Å²) in [5, 5.41) is 10.3. The number of aromatic nitrogens is 4. The minimum atomic E-state index is 1.19. The van der Waals surface area contributed by atoms with Crippen LogP contribution in [0.5, 0.6) is 0 Å². The van der Waals surface area contributed by atoms with Crippen molar-refractivity contribution in [1.29, 1.82) is 0 Å². The number of aromatic amines is 3. The van der Waals surface area contributed by atoms with Gasteiger partial charge in [-0.2, -0.15) is 0 Å². The fourth-order valence-electron chi connectivity index (χ4n) is 7.90. The number of fused-ring (bicyclic) bond motifs is 14. The molecular formula is C52H40I2N4.